The van der Waals surface area contributed by atoms with E-state index in [1.165, 1.54) is 0 Å². The van der Waals surface area contributed by atoms with Gasteiger partial charge in [0, 0.05) is 6.42 Å². The van der Waals surface area contributed by atoms with Gasteiger partial charge < -0.3 is 14.2 Å². The normalized spacial score (nSPS) is 27.2. The Morgan fingerprint density at radius 1 is 0.710 bits per heavy atom. The van der Waals surface area contributed by atoms with E-state index in [4.69, 9.17) is 14.2 Å². The van der Waals surface area contributed by atoms with Gasteiger partial charge >= 0.3 is 17.9 Å². The van der Waals surface area contributed by atoms with E-state index in [2.05, 4.69) is 13.8 Å². The smallest absolute Gasteiger partial charge is 0.309 e. The van der Waals surface area contributed by atoms with Crippen LogP contribution in [0.5, 0.6) is 0 Å². The molecule has 0 radical (unpaired) electrons. The standard InChI is InChI=1S/C25H42O6/c1-4-7-23(26)31-22(16-29-24(27)20-12-8-18(5-2)9-13-20)17-30-25(28)21-14-10-19(6-3)11-15-21/h18-22H,4-17H2,1-3H3. The van der Waals surface area contributed by atoms with Crippen molar-refractivity contribution in [1.29, 1.82) is 0 Å². The van der Waals surface area contributed by atoms with E-state index in [-0.39, 0.29) is 43.0 Å². The van der Waals surface area contributed by atoms with Gasteiger partial charge in [-0.15, -0.1) is 0 Å². The van der Waals surface area contributed by atoms with Crippen molar-refractivity contribution >= 4 is 17.9 Å². The lowest BCUT2D eigenvalue weighted by Gasteiger charge is -2.28. The predicted octanol–water partition coefficient (Wildman–Crippen LogP) is 5.22. The maximum absolute atomic E-state index is 12.5. The molecule has 2 fully saturated rings. The van der Waals surface area contributed by atoms with Crippen molar-refractivity contribution in [2.75, 3.05) is 13.2 Å². The molecule has 2 rings (SSSR count). The molecule has 0 unspecified atom stereocenters. The van der Waals surface area contributed by atoms with Crippen LogP contribution in [0.4, 0.5) is 0 Å². The van der Waals surface area contributed by atoms with Crippen molar-refractivity contribution in [3.05, 3.63) is 0 Å². The molecule has 0 aromatic heterocycles. The molecule has 0 aromatic rings. The quantitative estimate of drug-likeness (QED) is 0.325. The molecule has 0 bridgehead atoms. The highest BCUT2D eigenvalue weighted by atomic mass is 16.6. The third kappa shape index (κ3) is 8.82. The van der Waals surface area contributed by atoms with E-state index in [0.29, 0.717) is 24.7 Å². The first kappa shape index (κ1) is 25.7. The molecule has 2 saturated carbocycles. The van der Waals surface area contributed by atoms with Gasteiger partial charge in [0.2, 0.25) is 0 Å². The number of rotatable bonds is 11. The van der Waals surface area contributed by atoms with E-state index < -0.39 is 6.10 Å². The Bertz CT molecular complexity index is 518. The lowest BCUT2D eigenvalue weighted by Crippen LogP contribution is -2.34. The van der Waals surface area contributed by atoms with Crippen LogP contribution >= 0.6 is 0 Å². The van der Waals surface area contributed by atoms with Gasteiger partial charge in [0.15, 0.2) is 6.10 Å². The van der Waals surface area contributed by atoms with Gasteiger partial charge in [-0.1, -0.05) is 33.6 Å². The van der Waals surface area contributed by atoms with Crippen molar-refractivity contribution in [2.45, 2.75) is 104 Å². The zero-order chi connectivity index (χ0) is 22.6. The summed E-state index contributed by atoms with van der Waals surface area (Å²) >= 11 is 0. The Morgan fingerprint density at radius 2 is 1.13 bits per heavy atom. The molecule has 0 N–H and O–H groups in total. The molecule has 0 heterocycles. The number of hydrogen-bond acceptors (Lipinski definition) is 6. The maximum Gasteiger partial charge on any atom is 0.309 e. The summed E-state index contributed by atoms with van der Waals surface area (Å²) in [5, 5.41) is 0. The second-order valence-electron chi connectivity index (χ2n) is 9.37. The van der Waals surface area contributed by atoms with Gasteiger partial charge in [0.1, 0.15) is 13.2 Å². The highest BCUT2D eigenvalue weighted by Gasteiger charge is 2.30. The Morgan fingerprint density at radius 3 is 1.48 bits per heavy atom. The summed E-state index contributed by atoms with van der Waals surface area (Å²) in [4.78, 5) is 36.9. The molecule has 0 saturated heterocycles. The van der Waals surface area contributed by atoms with Crippen LogP contribution in [-0.2, 0) is 28.6 Å². The number of carbonyl (C=O) groups excluding carboxylic acids is 3. The van der Waals surface area contributed by atoms with Crippen LogP contribution < -0.4 is 0 Å². The van der Waals surface area contributed by atoms with E-state index >= 15 is 0 Å². The van der Waals surface area contributed by atoms with Gasteiger partial charge in [-0.3, -0.25) is 14.4 Å². The third-order valence-electron chi connectivity index (χ3n) is 7.09. The Balaban J connectivity index is 1.80. The molecular weight excluding hydrogens is 396 g/mol. The molecule has 0 spiro atoms. The molecule has 2 aliphatic rings. The fourth-order valence-electron chi connectivity index (χ4n) is 4.76. The van der Waals surface area contributed by atoms with Crippen LogP contribution in [0.1, 0.15) is 97.8 Å². The molecule has 0 aromatic carbocycles. The van der Waals surface area contributed by atoms with Gasteiger partial charge in [-0.25, -0.2) is 0 Å². The molecule has 0 amide bonds. The van der Waals surface area contributed by atoms with E-state index in [9.17, 15) is 14.4 Å². The minimum atomic E-state index is -0.745. The Hall–Kier alpha value is -1.59. The molecule has 31 heavy (non-hydrogen) atoms. The fourth-order valence-corrected chi connectivity index (χ4v) is 4.76. The molecule has 0 aliphatic heterocycles. The summed E-state index contributed by atoms with van der Waals surface area (Å²) in [6, 6.07) is 0. The first-order valence-corrected chi connectivity index (χ1v) is 12.5. The summed E-state index contributed by atoms with van der Waals surface area (Å²) in [7, 11) is 0. The molecule has 6 heteroatoms. The zero-order valence-electron chi connectivity index (χ0n) is 19.7. The minimum absolute atomic E-state index is 0.0577. The number of hydrogen-bond donors (Lipinski definition) is 0. The second kappa shape index (κ2) is 13.7. The van der Waals surface area contributed by atoms with Crippen LogP contribution in [-0.4, -0.2) is 37.2 Å². The van der Waals surface area contributed by atoms with E-state index in [0.717, 1.165) is 64.2 Å². The van der Waals surface area contributed by atoms with Crippen molar-refractivity contribution in [3.8, 4) is 0 Å². The van der Waals surface area contributed by atoms with Gasteiger partial charge in [-0.05, 0) is 69.6 Å². The summed E-state index contributed by atoms with van der Waals surface area (Å²) in [6.07, 6.45) is 10.2. The van der Waals surface area contributed by atoms with Crippen LogP contribution in [0.2, 0.25) is 0 Å². The first-order chi connectivity index (χ1) is 15.0. The van der Waals surface area contributed by atoms with Crippen molar-refractivity contribution in [2.24, 2.45) is 23.7 Å². The predicted molar refractivity (Wildman–Crippen MR) is 118 cm³/mol. The van der Waals surface area contributed by atoms with Gasteiger partial charge in [0.05, 0.1) is 11.8 Å². The zero-order valence-corrected chi connectivity index (χ0v) is 19.7. The Labute approximate surface area is 187 Å². The van der Waals surface area contributed by atoms with Crippen LogP contribution in [0.3, 0.4) is 0 Å². The largest absolute Gasteiger partial charge is 0.461 e. The monoisotopic (exact) mass is 438 g/mol. The average molecular weight is 439 g/mol. The SMILES string of the molecule is CCCC(=O)OC(COC(=O)C1CCC(CC)CC1)COC(=O)C1CCC(CC)CC1. The van der Waals surface area contributed by atoms with E-state index in [1.54, 1.807) is 0 Å². The number of carbonyl (C=O) groups is 3. The van der Waals surface area contributed by atoms with Crippen molar-refractivity contribution in [3.63, 3.8) is 0 Å². The molecular formula is C25H42O6. The van der Waals surface area contributed by atoms with Crippen molar-refractivity contribution < 1.29 is 28.6 Å². The Kier molecular flexibility index (Phi) is 11.4. The second-order valence-corrected chi connectivity index (χ2v) is 9.37. The molecule has 178 valence electrons. The fraction of sp³-hybridized carbons (Fsp3) is 0.880. The highest BCUT2D eigenvalue weighted by molar-refractivity contribution is 5.73. The average Bonchev–Trinajstić information content (AvgIpc) is 2.80. The van der Waals surface area contributed by atoms with Gasteiger partial charge in [0.25, 0.3) is 0 Å². The summed E-state index contributed by atoms with van der Waals surface area (Å²) < 4.78 is 16.4. The molecule has 6 nitrogen and oxygen atoms in total. The van der Waals surface area contributed by atoms with Gasteiger partial charge in [-0.2, -0.15) is 0 Å². The van der Waals surface area contributed by atoms with Crippen LogP contribution in [0, 0.1) is 23.7 Å². The summed E-state index contributed by atoms with van der Waals surface area (Å²) in [6.45, 7) is 6.16. The van der Waals surface area contributed by atoms with Crippen LogP contribution in [0.15, 0.2) is 0 Å². The number of esters is 3. The highest BCUT2D eigenvalue weighted by Crippen LogP contribution is 2.32. The third-order valence-corrected chi connectivity index (χ3v) is 7.09. The molecule has 2 aliphatic carbocycles. The topological polar surface area (TPSA) is 78.9 Å². The molecule has 0 atom stereocenters. The summed E-state index contributed by atoms with van der Waals surface area (Å²) in [5.41, 5.74) is 0. The minimum Gasteiger partial charge on any atom is -0.461 e. The lowest BCUT2D eigenvalue weighted by atomic mass is 9.81. The van der Waals surface area contributed by atoms with E-state index in [1.807, 2.05) is 6.92 Å². The van der Waals surface area contributed by atoms with Crippen molar-refractivity contribution in [1.82, 2.24) is 0 Å². The maximum atomic E-state index is 12.5. The summed E-state index contributed by atoms with van der Waals surface area (Å²) in [5.74, 6) is 0.450. The number of ether oxygens (including phenoxy) is 3. The lowest BCUT2D eigenvalue weighted by molar-refractivity contribution is -0.170. The first-order valence-electron chi connectivity index (χ1n) is 12.5. The van der Waals surface area contributed by atoms with Crippen LogP contribution in [0.25, 0.3) is 0 Å².